The number of nitrogens with zero attached hydrogens (tertiary/aromatic N) is 3. The second kappa shape index (κ2) is 8.86. The van der Waals surface area contributed by atoms with E-state index in [-0.39, 0.29) is 11.6 Å². The average Bonchev–Trinajstić information content (AvgIpc) is 3.22. The Balaban J connectivity index is 0.000000318. The van der Waals surface area contributed by atoms with Crippen LogP contribution >= 0.6 is 0 Å². The lowest BCUT2D eigenvalue weighted by molar-refractivity contribution is -0.192. The minimum atomic E-state index is -5.08. The highest BCUT2D eigenvalue weighted by Crippen LogP contribution is 2.40. The van der Waals surface area contributed by atoms with E-state index >= 15 is 0 Å². The molecule has 0 bridgehead atoms. The molecule has 1 aliphatic carbocycles. The Morgan fingerprint density at radius 3 is 2.53 bits per heavy atom. The first-order valence-electron chi connectivity index (χ1n) is 9.43. The predicted octanol–water partition coefficient (Wildman–Crippen LogP) is 3.33. The van der Waals surface area contributed by atoms with Crippen LogP contribution in [0.25, 0.3) is 0 Å². The van der Waals surface area contributed by atoms with Crippen LogP contribution in [0, 0.1) is 0 Å². The third kappa shape index (κ3) is 5.38. The highest BCUT2D eigenvalue weighted by Gasteiger charge is 2.38. The van der Waals surface area contributed by atoms with Crippen LogP contribution in [0.4, 0.5) is 13.2 Å². The van der Waals surface area contributed by atoms with Gasteiger partial charge in [0.25, 0.3) is 0 Å². The summed E-state index contributed by atoms with van der Waals surface area (Å²) in [6.07, 6.45) is 1.83. The Morgan fingerprint density at radius 2 is 1.93 bits per heavy atom. The highest BCUT2D eigenvalue weighted by atomic mass is 19.4. The first-order chi connectivity index (χ1) is 14.2. The van der Waals surface area contributed by atoms with Gasteiger partial charge in [0.1, 0.15) is 5.56 Å². The molecule has 9 nitrogen and oxygen atoms in total. The van der Waals surface area contributed by atoms with Gasteiger partial charge >= 0.3 is 18.1 Å². The van der Waals surface area contributed by atoms with Crippen LogP contribution in [0.15, 0.2) is 16.8 Å². The molecule has 0 radical (unpaired) electrons. The zero-order chi connectivity index (χ0) is 21.9. The third-order valence-electron chi connectivity index (χ3n) is 5.02. The Hall–Kier alpha value is -2.89. The SMILES string of the molecule is O=C(O)C(F)(F)F.O=C(O)c1cn[nH]c1C1CCCCN1Cc1cc(C2CC2)no1. The van der Waals surface area contributed by atoms with Crippen molar-refractivity contribution >= 4 is 11.9 Å². The number of halogens is 3. The summed E-state index contributed by atoms with van der Waals surface area (Å²) in [7, 11) is 0. The maximum absolute atomic E-state index is 11.4. The Morgan fingerprint density at radius 1 is 1.23 bits per heavy atom. The van der Waals surface area contributed by atoms with E-state index in [0.717, 1.165) is 37.3 Å². The van der Waals surface area contributed by atoms with E-state index in [4.69, 9.17) is 14.4 Å². The number of H-pyrrole nitrogens is 1. The van der Waals surface area contributed by atoms with E-state index in [0.29, 0.717) is 18.2 Å². The zero-order valence-electron chi connectivity index (χ0n) is 15.9. The molecule has 30 heavy (non-hydrogen) atoms. The molecule has 2 aliphatic rings. The number of hydrogen-bond donors (Lipinski definition) is 3. The van der Waals surface area contributed by atoms with Crippen molar-refractivity contribution in [2.24, 2.45) is 0 Å². The van der Waals surface area contributed by atoms with E-state index in [2.05, 4.69) is 20.3 Å². The second-order valence-corrected chi connectivity index (χ2v) is 7.28. The average molecular weight is 430 g/mol. The molecular weight excluding hydrogens is 409 g/mol. The van der Waals surface area contributed by atoms with Gasteiger partial charge in [0.05, 0.1) is 30.2 Å². The van der Waals surface area contributed by atoms with Crippen LogP contribution in [-0.4, -0.2) is 55.1 Å². The second-order valence-electron chi connectivity index (χ2n) is 7.28. The van der Waals surface area contributed by atoms with Gasteiger partial charge < -0.3 is 14.7 Å². The number of carboxylic acids is 2. The van der Waals surface area contributed by atoms with Crippen molar-refractivity contribution in [3.8, 4) is 0 Å². The Kier molecular flexibility index (Phi) is 6.44. The van der Waals surface area contributed by atoms with Crippen LogP contribution in [-0.2, 0) is 11.3 Å². The number of aromatic amines is 1. The lowest BCUT2D eigenvalue weighted by atomic mass is 9.97. The molecule has 3 N–H and O–H groups in total. The number of likely N-dealkylation sites (tertiary alicyclic amines) is 1. The first kappa shape index (κ1) is 21.8. The number of aromatic nitrogens is 3. The van der Waals surface area contributed by atoms with Gasteiger partial charge in [0.15, 0.2) is 5.76 Å². The number of aliphatic carboxylic acids is 1. The number of alkyl halides is 3. The quantitative estimate of drug-likeness (QED) is 0.658. The summed E-state index contributed by atoms with van der Waals surface area (Å²) in [5.41, 5.74) is 2.01. The molecule has 0 amide bonds. The van der Waals surface area contributed by atoms with Gasteiger partial charge in [-0.1, -0.05) is 11.6 Å². The molecule has 2 aromatic rings. The molecule has 0 spiro atoms. The molecule has 4 rings (SSSR count). The highest BCUT2D eigenvalue weighted by molar-refractivity contribution is 5.88. The number of aromatic carboxylic acids is 1. The van der Waals surface area contributed by atoms with E-state index < -0.39 is 18.1 Å². The van der Waals surface area contributed by atoms with Crippen molar-refractivity contribution in [2.75, 3.05) is 6.54 Å². The van der Waals surface area contributed by atoms with Crippen molar-refractivity contribution in [2.45, 2.75) is 56.8 Å². The fourth-order valence-electron chi connectivity index (χ4n) is 3.40. The van der Waals surface area contributed by atoms with Gasteiger partial charge in [-0.3, -0.25) is 10.00 Å². The normalized spacial score (nSPS) is 19.8. The minimum absolute atomic E-state index is 0.0341. The predicted molar refractivity (Wildman–Crippen MR) is 94.7 cm³/mol. The first-order valence-corrected chi connectivity index (χ1v) is 9.43. The van der Waals surface area contributed by atoms with Gasteiger partial charge in [-0.2, -0.15) is 18.3 Å². The number of carbonyl (C=O) groups is 2. The van der Waals surface area contributed by atoms with E-state index in [1.54, 1.807) is 0 Å². The van der Waals surface area contributed by atoms with Crippen molar-refractivity contribution in [3.63, 3.8) is 0 Å². The molecular formula is C18H21F3N4O5. The Bertz CT molecular complexity index is 891. The smallest absolute Gasteiger partial charge is 0.478 e. The van der Waals surface area contributed by atoms with Crippen molar-refractivity contribution in [1.29, 1.82) is 0 Å². The molecule has 1 saturated heterocycles. The lowest BCUT2D eigenvalue weighted by Gasteiger charge is -2.34. The van der Waals surface area contributed by atoms with Gasteiger partial charge in [-0.25, -0.2) is 9.59 Å². The number of rotatable bonds is 5. The largest absolute Gasteiger partial charge is 0.490 e. The number of hydrogen-bond acceptors (Lipinski definition) is 6. The van der Waals surface area contributed by atoms with Crippen LogP contribution < -0.4 is 0 Å². The zero-order valence-corrected chi connectivity index (χ0v) is 15.9. The van der Waals surface area contributed by atoms with E-state index in [1.807, 2.05) is 6.07 Å². The maximum Gasteiger partial charge on any atom is 0.490 e. The summed E-state index contributed by atoms with van der Waals surface area (Å²) in [6.45, 7) is 1.57. The van der Waals surface area contributed by atoms with E-state index in [9.17, 15) is 23.1 Å². The summed E-state index contributed by atoms with van der Waals surface area (Å²) >= 11 is 0. The topological polar surface area (TPSA) is 133 Å². The van der Waals surface area contributed by atoms with Crippen LogP contribution in [0.3, 0.4) is 0 Å². The van der Waals surface area contributed by atoms with Gasteiger partial charge in [-0.15, -0.1) is 0 Å². The standard InChI is InChI=1S/C16H20N4O3.C2HF3O2/c21-16(22)12-8-17-18-15(12)14-3-1-2-6-20(14)9-11-7-13(19-23-11)10-4-5-10;3-2(4,5)1(6)7/h7-8,10,14H,1-6,9H2,(H,17,18)(H,21,22);(H,6,7). The van der Waals surface area contributed by atoms with Crippen LogP contribution in [0.1, 0.15) is 71.6 Å². The van der Waals surface area contributed by atoms with Crippen LogP contribution in [0.2, 0.25) is 0 Å². The molecule has 2 fully saturated rings. The summed E-state index contributed by atoms with van der Waals surface area (Å²) in [4.78, 5) is 22.5. The summed E-state index contributed by atoms with van der Waals surface area (Å²) in [5, 5.41) is 27.4. The molecule has 164 valence electrons. The minimum Gasteiger partial charge on any atom is -0.478 e. The molecule has 12 heteroatoms. The fourth-order valence-corrected chi connectivity index (χ4v) is 3.40. The van der Waals surface area contributed by atoms with Crippen molar-refractivity contribution in [3.05, 3.63) is 35.0 Å². The summed E-state index contributed by atoms with van der Waals surface area (Å²) in [5.74, 6) is -2.26. The van der Waals surface area contributed by atoms with Crippen molar-refractivity contribution < 1.29 is 37.5 Å². The molecule has 1 saturated carbocycles. The number of piperidine rings is 1. The van der Waals surface area contributed by atoms with Gasteiger partial charge in [-0.05, 0) is 32.2 Å². The number of nitrogens with one attached hydrogen (secondary N) is 1. The van der Waals surface area contributed by atoms with Crippen LogP contribution in [0.5, 0.6) is 0 Å². The molecule has 0 aromatic carbocycles. The summed E-state index contributed by atoms with van der Waals surface area (Å²) in [6, 6.07) is 2.08. The molecule has 1 atom stereocenters. The van der Waals surface area contributed by atoms with Gasteiger partial charge in [0.2, 0.25) is 0 Å². The van der Waals surface area contributed by atoms with Gasteiger partial charge in [0, 0.05) is 12.0 Å². The number of carboxylic acid groups (broad SMARTS) is 2. The Labute approximate surface area is 168 Å². The third-order valence-corrected chi connectivity index (χ3v) is 5.02. The van der Waals surface area contributed by atoms with Crippen molar-refractivity contribution in [1.82, 2.24) is 20.3 Å². The summed E-state index contributed by atoms with van der Waals surface area (Å²) < 4.78 is 37.2. The van der Waals surface area contributed by atoms with E-state index in [1.165, 1.54) is 19.0 Å². The maximum atomic E-state index is 11.4. The molecule has 2 aromatic heterocycles. The molecule has 3 heterocycles. The molecule has 1 aliphatic heterocycles. The fraction of sp³-hybridized carbons (Fsp3) is 0.556. The molecule has 1 unspecified atom stereocenters. The lowest BCUT2D eigenvalue weighted by Crippen LogP contribution is -2.33. The monoisotopic (exact) mass is 430 g/mol.